The molecule has 1 unspecified atom stereocenters. The van der Waals surface area contributed by atoms with Crippen LogP contribution in [0.3, 0.4) is 0 Å². The minimum Gasteiger partial charge on any atom is -0.378 e. The van der Waals surface area contributed by atoms with Crippen molar-refractivity contribution in [2.24, 2.45) is 0 Å². The van der Waals surface area contributed by atoms with E-state index in [-0.39, 0.29) is 6.04 Å². The van der Waals surface area contributed by atoms with E-state index in [4.69, 9.17) is 28.5 Å². The Labute approximate surface area is 128 Å². The van der Waals surface area contributed by atoms with Crippen LogP contribution in [0.25, 0.3) is 0 Å². The molecule has 1 N–H and O–H groups in total. The first-order valence-electron chi connectivity index (χ1n) is 6.35. The summed E-state index contributed by atoms with van der Waals surface area (Å²) >= 11 is 12.0. The molecule has 2 aromatic rings. The molecule has 2 nitrogen and oxygen atoms in total. The normalized spacial score (nSPS) is 11.7. The zero-order chi connectivity index (χ0) is 14.5. The molecular formula is C16H14Cl2N2. The molecule has 0 aliphatic rings. The number of hydrogen-bond donors (Lipinski definition) is 1. The first-order valence-corrected chi connectivity index (χ1v) is 7.11. The summed E-state index contributed by atoms with van der Waals surface area (Å²) in [6.45, 7) is 2.09. The summed E-state index contributed by atoms with van der Waals surface area (Å²) in [5.41, 5.74) is 2.63. The zero-order valence-corrected chi connectivity index (χ0v) is 12.5. The Morgan fingerprint density at radius 2 is 1.95 bits per heavy atom. The number of hydrogen-bond acceptors (Lipinski definition) is 2. The summed E-state index contributed by atoms with van der Waals surface area (Å²) in [7, 11) is 0. The van der Waals surface area contributed by atoms with Gasteiger partial charge in [-0.05, 0) is 42.3 Å². The smallest absolute Gasteiger partial charge is 0.0992 e. The molecule has 0 aliphatic heterocycles. The van der Waals surface area contributed by atoms with Crippen LogP contribution in [0.5, 0.6) is 0 Å². The summed E-state index contributed by atoms with van der Waals surface area (Å²) in [6, 6.07) is 15.3. The Bertz CT molecular complexity index is 647. The van der Waals surface area contributed by atoms with Crippen LogP contribution in [-0.2, 0) is 0 Å². The Morgan fingerprint density at radius 1 is 1.15 bits per heavy atom. The highest BCUT2D eigenvalue weighted by molar-refractivity contribution is 6.42. The van der Waals surface area contributed by atoms with Gasteiger partial charge in [0.2, 0.25) is 0 Å². The second-order valence-corrected chi connectivity index (χ2v) is 5.29. The maximum atomic E-state index is 8.93. The molecule has 0 saturated carbocycles. The lowest BCUT2D eigenvalue weighted by Gasteiger charge is -2.19. The summed E-state index contributed by atoms with van der Waals surface area (Å²) in [5.74, 6) is 0. The molecule has 0 amide bonds. The fraction of sp³-hybridized carbons (Fsp3) is 0.188. The summed E-state index contributed by atoms with van der Waals surface area (Å²) in [6.07, 6.45) is 0.898. The minimum atomic E-state index is 0.124. The predicted molar refractivity (Wildman–Crippen MR) is 84.3 cm³/mol. The predicted octanol–water partition coefficient (Wildman–Crippen LogP) is 5.43. The third-order valence-electron chi connectivity index (χ3n) is 3.09. The standard InChI is InChI=1S/C16H14Cl2N2/c1-2-16(12-6-7-14(17)15(18)9-12)20-13-5-3-4-11(8-13)10-19/h3-9,16,20H,2H2,1H3. The molecule has 4 heteroatoms. The van der Waals surface area contributed by atoms with Crippen LogP contribution in [0, 0.1) is 11.3 Å². The van der Waals surface area contributed by atoms with E-state index in [2.05, 4.69) is 18.3 Å². The Morgan fingerprint density at radius 3 is 2.60 bits per heavy atom. The molecule has 0 aromatic heterocycles. The quantitative estimate of drug-likeness (QED) is 0.817. The molecular weight excluding hydrogens is 291 g/mol. The number of rotatable bonds is 4. The Balaban J connectivity index is 2.24. The van der Waals surface area contributed by atoms with Crippen LogP contribution < -0.4 is 5.32 Å². The largest absolute Gasteiger partial charge is 0.378 e. The van der Waals surface area contributed by atoms with Crippen LogP contribution in [0.1, 0.15) is 30.5 Å². The van der Waals surface area contributed by atoms with Gasteiger partial charge >= 0.3 is 0 Å². The van der Waals surface area contributed by atoms with E-state index in [1.54, 1.807) is 12.1 Å². The van der Waals surface area contributed by atoms with Crippen LogP contribution >= 0.6 is 23.2 Å². The highest BCUT2D eigenvalue weighted by Gasteiger charge is 2.11. The number of nitrogens with zero attached hydrogens (tertiary/aromatic N) is 1. The summed E-state index contributed by atoms with van der Waals surface area (Å²) < 4.78 is 0. The van der Waals surface area contributed by atoms with Crippen molar-refractivity contribution in [1.82, 2.24) is 0 Å². The third kappa shape index (κ3) is 3.45. The van der Waals surface area contributed by atoms with Crippen molar-refractivity contribution in [3.63, 3.8) is 0 Å². The van der Waals surface area contributed by atoms with Crippen molar-refractivity contribution in [3.05, 3.63) is 63.6 Å². The van der Waals surface area contributed by atoms with Crippen LogP contribution in [0.4, 0.5) is 5.69 Å². The van der Waals surface area contributed by atoms with Crippen molar-refractivity contribution in [2.45, 2.75) is 19.4 Å². The van der Waals surface area contributed by atoms with Crippen LogP contribution in [0.2, 0.25) is 10.0 Å². The van der Waals surface area contributed by atoms with Gasteiger partial charge in [-0.3, -0.25) is 0 Å². The molecule has 0 spiro atoms. The molecule has 0 radical (unpaired) electrons. The van der Waals surface area contributed by atoms with E-state index in [0.29, 0.717) is 15.6 Å². The van der Waals surface area contributed by atoms with E-state index in [1.807, 2.05) is 30.3 Å². The Kier molecular flexibility index (Phi) is 4.89. The highest BCUT2D eigenvalue weighted by Crippen LogP contribution is 2.29. The van der Waals surface area contributed by atoms with Gasteiger partial charge in [0.25, 0.3) is 0 Å². The number of benzene rings is 2. The molecule has 1 atom stereocenters. The molecule has 102 valence electrons. The van der Waals surface area contributed by atoms with Crippen LogP contribution in [0.15, 0.2) is 42.5 Å². The van der Waals surface area contributed by atoms with Gasteiger partial charge in [-0.1, -0.05) is 42.3 Å². The van der Waals surface area contributed by atoms with Gasteiger partial charge in [0.05, 0.1) is 27.7 Å². The number of nitrogens with one attached hydrogen (secondary N) is 1. The summed E-state index contributed by atoms with van der Waals surface area (Å²) in [5, 5.41) is 13.4. The van der Waals surface area contributed by atoms with E-state index >= 15 is 0 Å². The minimum absolute atomic E-state index is 0.124. The molecule has 2 aromatic carbocycles. The molecule has 0 aliphatic carbocycles. The molecule has 0 saturated heterocycles. The van der Waals surface area contributed by atoms with Crippen molar-refractivity contribution in [2.75, 3.05) is 5.32 Å². The van der Waals surface area contributed by atoms with Crippen molar-refractivity contribution in [3.8, 4) is 6.07 Å². The molecule has 2 rings (SSSR count). The van der Waals surface area contributed by atoms with Gasteiger partial charge in [0.1, 0.15) is 0 Å². The monoisotopic (exact) mass is 304 g/mol. The zero-order valence-electron chi connectivity index (χ0n) is 11.0. The van der Waals surface area contributed by atoms with E-state index < -0.39 is 0 Å². The second-order valence-electron chi connectivity index (χ2n) is 4.47. The maximum Gasteiger partial charge on any atom is 0.0992 e. The molecule has 0 bridgehead atoms. The van der Waals surface area contributed by atoms with Crippen molar-refractivity contribution in [1.29, 1.82) is 5.26 Å². The highest BCUT2D eigenvalue weighted by atomic mass is 35.5. The lowest BCUT2D eigenvalue weighted by Crippen LogP contribution is -2.09. The lowest BCUT2D eigenvalue weighted by molar-refractivity contribution is 0.749. The molecule has 0 heterocycles. The Hall–Kier alpha value is -1.69. The number of halogens is 2. The van der Waals surface area contributed by atoms with Crippen molar-refractivity contribution < 1.29 is 0 Å². The fourth-order valence-corrected chi connectivity index (χ4v) is 2.34. The molecule has 0 fully saturated rings. The average molecular weight is 305 g/mol. The summed E-state index contributed by atoms with van der Waals surface area (Å²) in [4.78, 5) is 0. The van der Waals surface area contributed by atoms with E-state index in [9.17, 15) is 0 Å². The SMILES string of the molecule is CCC(Nc1cccc(C#N)c1)c1ccc(Cl)c(Cl)c1. The van der Waals surface area contributed by atoms with Gasteiger partial charge in [-0.2, -0.15) is 5.26 Å². The number of anilines is 1. The first kappa shape index (κ1) is 14.7. The first-order chi connectivity index (χ1) is 9.63. The van der Waals surface area contributed by atoms with Gasteiger partial charge in [0, 0.05) is 5.69 Å². The van der Waals surface area contributed by atoms with Crippen molar-refractivity contribution >= 4 is 28.9 Å². The average Bonchev–Trinajstić information content (AvgIpc) is 2.48. The van der Waals surface area contributed by atoms with E-state index in [1.165, 1.54) is 0 Å². The fourth-order valence-electron chi connectivity index (χ4n) is 2.03. The van der Waals surface area contributed by atoms with Gasteiger partial charge in [-0.15, -0.1) is 0 Å². The second kappa shape index (κ2) is 6.65. The molecule has 20 heavy (non-hydrogen) atoms. The number of nitriles is 1. The van der Waals surface area contributed by atoms with Gasteiger partial charge in [-0.25, -0.2) is 0 Å². The third-order valence-corrected chi connectivity index (χ3v) is 3.83. The maximum absolute atomic E-state index is 8.93. The van der Waals surface area contributed by atoms with Gasteiger partial charge < -0.3 is 5.32 Å². The topological polar surface area (TPSA) is 35.8 Å². The lowest BCUT2D eigenvalue weighted by atomic mass is 10.0. The van der Waals surface area contributed by atoms with Crippen LogP contribution in [-0.4, -0.2) is 0 Å². The van der Waals surface area contributed by atoms with E-state index in [0.717, 1.165) is 17.7 Å². The van der Waals surface area contributed by atoms with Gasteiger partial charge in [0.15, 0.2) is 0 Å².